The van der Waals surface area contributed by atoms with E-state index in [-0.39, 0.29) is 18.3 Å². The lowest BCUT2D eigenvalue weighted by molar-refractivity contribution is -0.113. The Morgan fingerprint density at radius 3 is 2.43 bits per heavy atom. The van der Waals surface area contributed by atoms with Crippen LogP contribution >= 0.6 is 11.8 Å². The number of carbonyl (C=O) groups is 1. The van der Waals surface area contributed by atoms with Crippen LogP contribution in [-0.2, 0) is 17.8 Å². The molecule has 0 saturated heterocycles. The summed E-state index contributed by atoms with van der Waals surface area (Å²) in [7, 11) is 0. The van der Waals surface area contributed by atoms with Gasteiger partial charge in [-0.2, -0.15) is 0 Å². The molecule has 1 heterocycles. The second kappa shape index (κ2) is 12.2. The zero-order chi connectivity index (χ0) is 24.5. The second-order valence-corrected chi connectivity index (χ2v) is 9.25. The summed E-state index contributed by atoms with van der Waals surface area (Å²) < 4.78 is 7.89. The number of hydrogen-bond donors (Lipinski definition) is 1. The Kier molecular flexibility index (Phi) is 8.57. The van der Waals surface area contributed by atoms with E-state index in [0.717, 1.165) is 23.5 Å². The van der Waals surface area contributed by atoms with Gasteiger partial charge in [-0.05, 0) is 61.7 Å². The third-order valence-electron chi connectivity index (χ3n) is 5.49. The van der Waals surface area contributed by atoms with Crippen LogP contribution in [0.3, 0.4) is 0 Å². The molecule has 0 unspecified atom stereocenters. The SMILES string of the molecule is CCCCc1ccc(NC(=O)CSc2nnc(COc3ccc(C)cc3)n2-c2ccccc2)cc1. The maximum Gasteiger partial charge on any atom is 0.234 e. The monoisotopic (exact) mass is 486 g/mol. The van der Waals surface area contributed by atoms with Gasteiger partial charge in [0.05, 0.1) is 5.75 Å². The van der Waals surface area contributed by atoms with E-state index in [0.29, 0.717) is 11.0 Å². The number of unbranched alkanes of at least 4 members (excludes halogenated alkanes) is 1. The van der Waals surface area contributed by atoms with Gasteiger partial charge in [0.2, 0.25) is 5.91 Å². The van der Waals surface area contributed by atoms with E-state index in [2.05, 4.69) is 34.6 Å². The number of hydrogen-bond acceptors (Lipinski definition) is 5. The molecule has 0 aliphatic heterocycles. The van der Waals surface area contributed by atoms with Gasteiger partial charge in [0.15, 0.2) is 11.0 Å². The van der Waals surface area contributed by atoms with Gasteiger partial charge in [0.25, 0.3) is 0 Å². The van der Waals surface area contributed by atoms with Crippen molar-refractivity contribution in [3.8, 4) is 11.4 Å². The number of nitrogens with zero attached hydrogens (tertiary/aromatic N) is 3. The summed E-state index contributed by atoms with van der Waals surface area (Å²) in [5.41, 5.74) is 4.18. The molecule has 35 heavy (non-hydrogen) atoms. The zero-order valence-electron chi connectivity index (χ0n) is 20.1. The van der Waals surface area contributed by atoms with Crippen molar-refractivity contribution in [3.05, 3.63) is 95.8 Å². The number of aromatic nitrogens is 3. The molecule has 0 fully saturated rings. The number of nitrogens with one attached hydrogen (secondary N) is 1. The minimum Gasteiger partial charge on any atom is -0.486 e. The summed E-state index contributed by atoms with van der Waals surface area (Å²) in [6, 6.07) is 25.8. The number of rotatable bonds is 11. The zero-order valence-corrected chi connectivity index (χ0v) is 20.9. The molecule has 1 amide bonds. The number of ether oxygens (including phenoxy) is 1. The van der Waals surface area contributed by atoms with E-state index in [1.807, 2.05) is 78.2 Å². The fourth-order valence-corrected chi connectivity index (χ4v) is 4.34. The first-order valence-corrected chi connectivity index (χ1v) is 12.8. The topological polar surface area (TPSA) is 69.0 Å². The molecule has 0 bridgehead atoms. The number of anilines is 1. The largest absolute Gasteiger partial charge is 0.486 e. The van der Waals surface area contributed by atoms with Crippen LogP contribution < -0.4 is 10.1 Å². The smallest absolute Gasteiger partial charge is 0.234 e. The molecule has 1 aromatic heterocycles. The van der Waals surface area contributed by atoms with Crippen molar-refractivity contribution >= 4 is 23.4 Å². The fourth-order valence-electron chi connectivity index (χ4n) is 3.57. The summed E-state index contributed by atoms with van der Waals surface area (Å²) in [5.74, 6) is 1.58. The van der Waals surface area contributed by atoms with Gasteiger partial charge < -0.3 is 10.1 Å². The lowest BCUT2D eigenvalue weighted by Crippen LogP contribution is -2.14. The lowest BCUT2D eigenvalue weighted by Gasteiger charge is -2.11. The molecule has 1 N–H and O–H groups in total. The molecule has 0 aliphatic carbocycles. The molecule has 180 valence electrons. The first kappa shape index (κ1) is 24.5. The summed E-state index contributed by atoms with van der Waals surface area (Å²) in [6.07, 6.45) is 3.40. The Hall–Kier alpha value is -3.58. The highest BCUT2D eigenvalue weighted by atomic mass is 32.2. The highest BCUT2D eigenvalue weighted by Gasteiger charge is 2.16. The van der Waals surface area contributed by atoms with E-state index in [9.17, 15) is 4.79 Å². The standard InChI is InChI=1S/C28H30N4O2S/c1-3-4-8-22-13-15-23(16-14-22)29-27(33)20-35-28-31-30-26(32(28)24-9-6-5-7-10-24)19-34-25-17-11-21(2)12-18-25/h5-7,9-18H,3-4,8,19-20H2,1-2H3,(H,29,33). The number of aryl methyl sites for hydroxylation is 2. The Morgan fingerprint density at radius 1 is 0.971 bits per heavy atom. The van der Waals surface area contributed by atoms with Crippen LogP contribution in [0.2, 0.25) is 0 Å². The molecule has 4 rings (SSSR count). The van der Waals surface area contributed by atoms with Crippen LogP contribution in [0.1, 0.15) is 36.7 Å². The Bertz CT molecular complexity index is 1220. The number of thioether (sulfide) groups is 1. The van der Waals surface area contributed by atoms with Crippen LogP contribution in [0.15, 0.2) is 84.0 Å². The molecule has 7 heteroatoms. The number of benzene rings is 3. The Morgan fingerprint density at radius 2 is 1.71 bits per heavy atom. The van der Waals surface area contributed by atoms with E-state index in [4.69, 9.17) is 4.74 Å². The number of para-hydroxylation sites is 1. The van der Waals surface area contributed by atoms with Crippen molar-refractivity contribution in [2.24, 2.45) is 0 Å². The normalized spacial score (nSPS) is 10.8. The fraction of sp³-hybridized carbons (Fsp3) is 0.250. The van der Waals surface area contributed by atoms with Crippen molar-refractivity contribution in [2.45, 2.75) is 44.9 Å². The van der Waals surface area contributed by atoms with Gasteiger partial charge >= 0.3 is 0 Å². The number of amides is 1. The maximum absolute atomic E-state index is 12.6. The molecule has 0 radical (unpaired) electrons. The molecule has 4 aromatic rings. The minimum atomic E-state index is -0.0867. The summed E-state index contributed by atoms with van der Waals surface area (Å²) in [5, 5.41) is 12.3. The predicted octanol–water partition coefficient (Wildman–Crippen LogP) is 6.23. The molecule has 6 nitrogen and oxygen atoms in total. The number of carbonyl (C=O) groups excluding carboxylic acids is 1. The summed E-state index contributed by atoms with van der Waals surface area (Å²) in [4.78, 5) is 12.6. The van der Waals surface area contributed by atoms with Crippen LogP contribution in [-0.4, -0.2) is 26.4 Å². The molecular formula is C28H30N4O2S. The molecular weight excluding hydrogens is 456 g/mol. The van der Waals surface area contributed by atoms with Crippen molar-refractivity contribution in [3.63, 3.8) is 0 Å². The maximum atomic E-state index is 12.6. The van der Waals surface area contributed by atoms with E-state index in [1.165, 1.54) is 35.7 Å². The summed E-state index contributed by atoms with van der Waals surface area (Å²) >= 11 is 1.35. The van der Waals surface area contributed by atoms with Crippen LogP contribution in [0.25, 0.3) is 5.69 Å². The van der Waals surface area contributed by atoms with Gasteiger partial charge in [0, 0.05) is 11.4 Å². The Labute approximate surface area is 210 Å². The quantitative estimate of drug-likeness (QED) is 0.255. The van der Waals surface area contributed by atoms with E-state index < -0.39 is 0 Å². The minimum absolute atomic E-state index is 0.0867. The molecule has 0 spiro atoms. The van der Waals surface area contributed by atoms with Crippen LogP contribution in [0.4, 0.5) is 5.69 Å². The summed E-state index contributed by atoms with van der Waals surface area (Å²) in [6.45, 7) is 4.49. The van der Waals surface area contributed by atoms with Gasteiger partial charge in [-0.15, -0.1) is 10.2 Å². The third-order valence-corrected chi connectivity index (χ3v) is 6.42. The van der Waals surface area contributed by atoms with Gasteiger partial charge in [-0.3, -0.25) is 9.36 Å². The van der Waals surface area contributed by atoms with Gasteiger partial charge in [-0.1, -0.05) is 73.1 Å². The second-order valence-electron chi connectivity index (χ2n) is 8.31. The third kappa shape index (κ3) is 6.96. The first-order valence-electron chi connectivity index (χ1n) is 11.8. The highest BCUT2D eigenvalue weighted by Crippen LogP contribution is 2.24. The van der Waals surface area contributed by atoms with Crippen molar-refractivity contribution in [2.75, 3.05) is 11.1 Å². The highest BCUT2D eigenvalue weighted by molar-refractivity contribution is 7.99. The molecule has 3 aromatic carbocycles. The van der Waals surface area contributed by atoms with Crippen LogP contribution in [0.5, 0.6) is 5.75 Å². The lowest BCUT2D eigenvalue weighted by atomic mass is 10.1. The molecule has 0 saturated carbocycles. The van der Waals surface area contributed by atoms with E-state index in [1.54, 1.807) is 0 Å². The van der Waals surface area contributed by atoms with Crippen molar-refractivity contribution in [1.29, 1.82) is 0 Å². The van der Waals surface area contributed by atoms with Crippen molar-refractivity contribution in [1.82, 2.24) is 14.8 Å². The van der Waals surface area contributed by atoms with Gasteiger partial charge in [0.1, 0.15) is 12.4 Å². The molecule has 0 atom stereocenters. The van der Waals surface area contributed by atoms with Crippen LogP contribution in [0, 0.1) is 6.92 Å². The van der Waals surface area contributed by atoms with E-state index >= 15 is 0 Å². The average molecular weight is 487 g/mol. The molecule has 0 aliphatic rings. The average Bonchev–Trinajstić information content (AvgIpc) is 3.30. The first-order chi connectivity index (χ1) is 17.1. The van der Waals surface area contributed by atoms with Gasteiger partial charge in [-0.25, -0.2) is 0 Å². The van der Waals surface area contributed by atoms with Crippen molar-refractivity contribution < 1.29 is 9.53 Å². The predicted molar refractivity (Wildman–Crippen MR) is 141 cm³/mol. The Balaban J connectivity index is 1.42.